The van der Waals surface area contributed by atoms with Crippen LogP contribution in [0.5, 0.6) is 0 Å². The van der Waals surface area contributed by atoms with Gasteiger partial charge in [-0.1, -0.05) is 65.3 Å². The first kappa shape index (κ1) is 22.2. The lowest BCUT2D eigenvalue weighted by Gasteiger charge is -2.23. The van der Waals surface area contributed by atoms with E-state index in [4.69, 9.17) is 4.52 Å². The molecule has 0 saturated carbocycles. The van der Waals surface area contributed by atoms with Gasteiger partial charge >= 0.3 is 0 Å². The average molecular weight is 477 g/mol. The third-order valence-electron chi connectivity index (χ3n) is 6.03. The highest BCUT2D eigenvalue weighted by atomic mass is 32.2. The van der Waals surface area contributed by atoms with Gasteiger partial charge < -0.3 is 9.84 Å². The van der Waals surface area contributed by atoms with E-state index in [0.29, 0.717) is 25.2 Å². The number of carbonyl (C=O) groups is 1. The molecule has 2 heterocycles. The summed E-state index contributed by atoms with van der Waals surface area (Å²) in [6.45, 7) is 2.32. The molecular weight excluding hydrogens is 452 g/mol. The SMILES string of the molecule is Cc1ccc(-c2noc(CNC(=O)[C@H]3CCCN3S(=O)(=O)c3ccc4ccccc4c3)n2)cc1. The van der Waals surface area contributed by atoms with Crippen molar-refractivity contribution >= 4 is 26.7 Å². The summed E-state index contributed by atoms with van der Waals surface area (Å²) in [4.78, 5) is 17.4. The van der Waals surface area contributed by atoms with E-state index in [-0.39, 0.29) is 23.2 Å². The van der Waals surface area contributed by atoms with Gasteiger partial charge in [0.15, 0.2) is 0 Å². The smallest absolute Gasteiger partial charge is 0.246 e. The van der Waals surface area contributed by atoms with E-state index in [1.54, 1.807) is 18.2 Å². The Labute approximate surface area is 197 Å². The Morgan fingerprint density at radius 3 is 2.65 bits per heavy atom. The van der Waals surface area contributed by atoms with Crippen LogP contribution < -0.4 is 5.32 Å². The molecule has 1 aromatic heterocycles. The van der Waals surface area contributed by atoms with Crippen molar-refractivity contribution in [2.45, 2.75) is 37.2 Å². The van der Waals surface area contributed by atoms with Crippen LogP contribution in [0.15, 0.2) is 76.1 Å². The number of aryl methyl sites for hydroxylation is 1. The number of benzene rings is 3. The fourth-order valence-electron chi connectivity index (χ4n) is 4.18. The third-order valence-corrected chi connectivity index (χ3v) is 7.93. The van der Waals surface area contributed by atoms with Crippen molar-refractivity contribution in [2.75, 3.05) is 6.54 Å². The molecule has 1 atom stereocenters. The Kier molecular flexibility index (Phi) is 5.89. The van der Waals surface area contributed by atoms with E-state index in [9.17, 15) is 13.2 Å². The zero-order chi connectivity index (χ0) is 23.7. The molecule has 0 radical (unpaired) electrons. The number of fused-ring (bicyclic) bond motifs is 1. The van der Waals surface area contributed by atoms with E-state index in [1.165, 1.54) is 4.31 Å². The number of hydrogen-bond donors (Lipinski definition) is 1. The van der Waals surface area contributed by atoms with Gasteiger partial charge in [0.25, 0.3) is 0 Å². The van der Waals surface area contributed by atoms with Crippen LogP contribution in [0.4, 0.5) is 0 Å². The molecule has 1 aliphatic heterocycles. The van der Waals surface area contributed by atoms with Crippen LogP contribution in [0.25, 0.3) is 22.2 Å². The molecule has 1 amide bonds. The number of rotatable bonds is 6. The molecule has 5 rings (SSSR count). The van der Waals surface area contributed by atoms with Gasteiger partial charge in [-0.25, -0.2) is 8.42 Å². The van der Waals surface area contributed by atoms with Gasteiger partial charge in [0.2, 0.25) is 27.6 Å². The molecule has 0 spiro atoms. The van der Waals surface area contributed by atoms with E-state index in [2.05, 4.69) is 15.5 Å². The molecule has 1 saturated heterocycles. The summed E-state index contributed by atoms with van der Waals surface area (Å²) in [5, 5.41) is 8.52. The van der Waals surface area contributed by atoms with E-state index < -0.39 is 16.1 Å². The summed E-state index contributed by atoms with van der Waals surface area (Å²) in [5.41, 5.74) is 1.94. The van der Waals surface area contributed by atoms with Gasteiger partial charge in [0.1, 0.15) is 6.04 Å². The molecular formula is C25H24N4O4S. The largest absolute Gasteiger partial charge is 0.346 e. The highest BCUT2D eigenvalue weighted by Gasteiger charge is 2.39. The van der Waals surface area contributed by atoms with Crippen molar-refractivity contribution in [3.8, 4) is 11.4 Å². The second-order valence-electron chi connectivity index (χ2n) is 8.38. The minimum Gasteiger partial charge on any atom is -0.346 e. The standard InChI is InChI=1S/C25H24N4O4S/c1-17-8-10-19(11-9-17)24-27-23(33-28-24)16-26-25(30)22-7-4-14-29(22)34(31,32)21-13-12-18-5-2-3-6-20(18)15-21/h2-3,5-6,8-13,15,22H,4,7,14,16H2,1H3,(H,26,30)/t22-/m1/s1. The van der Waals surface area contributed by atoms with Crippen molar-refractivity contribution in [1.82, 2.24) is 19.8 Å². The summed E-state index contributed by atoms with van der Waals surface area (Å²) < 4.78 is 33.3. The van der Waals surface area contributed by atoms with Gasteiger partial charge in [0.05, 0.1) is 11.4 Å². The first-order valence-electron chi connectivity index (χ1n) is 11.1. The van der Waals surface area contributed by atoms with Gasteiger partial charge in [-0.3, -0.25) is 4.79 Å². The minimum atomic E-state index is -3.82. The predicted molar refractivity (Wildman–Crippen MR) is 127 cm³/mol. The lowest BCUT2D eigenvalue weighted by atomic mass is 10.1. The highest BCUT2D eigenvalue weighted by Crippen LogP contribution is 2.28. The minimum absolute atomic E-state index is 0.0259. The Bertz CT molecular complexity index is 1450. The van der Waals surface area contributed by atoms with Gasteiger partial charge in [-0.05, 0) is 42.7 Å². The number of aromatic nitrogens is 2. The number of nitrogens with one attached hydrogen (secondary N) is 1. The maximum Gasteiger partial charge on any atom is 0.246 e. The van der Waals surface area contributed by atoms with Crippen molar-refractivity contribution in [3.05, 3.63) is 78.2 Å². The summed E-state index contributed by atoms with van der Waals surface area (Å²) in [6, 6.07) is 19.5. The van der Waals surface area contributed by atoms with Gasteiger partial charge in [0, 0.05) is 12.1 Å². The number of amides is 1. The average Bonchev–Trinajstić information content (AvgIpc) is 3.53. The Morgan fingerprint density at radius 1 is 1.09 bits per heavy atom. The zero-order valence-electron chi connectivity index (χ0n) is 18.6. The lowest BCUT2D eigenvalue weighted by Crippen LogP contribution is -2.45. The molecule has 9 heteroatoms. The van der Waals surface area contributed by atoms with Gasteiger partial charge in [-0.2, -0.15) is 9.29 Å². The molecule has 34 heavy (non-hydrogen) atoms. The summed E-state index contributed by atoms with van der Waals surface area (Å²) in [5.74, 6) is 0.313. The number of sulfonamides is 1. The van der Waals surface area contributed by atoms with Gasteiger partial charge in [-0.15, -0.1) is 0 Å². The normalized spacial score (nSPS) is 16.7. The third kappa shape index (κ3) is 4.32. The van der Waals surface area contributed by atoms with Crippen LogP contribution in [0.3, 0.4) is 0 Å². The summed E-state index contributed by atoms with van der Waals surface area (Å²) in [6.07, 6.45) is 1.07. The maximum absolute atomic E-state index is 13.4. The van der Waals surface area contributed by atoms with Crippen LogP contribution in [-0.2, 0) is 21.4 Å². The molecule has 1 fully saturated rings. The molecule has 0 unspecified atom stereocenters. The number of carbonyl (C=O) groups excluding carboxylic acids is 1. The van der Waals surface area contributed by atoms with E-state index in [0.717, 1.165) is 21.9 Å². The van der Waals surface area contributed by atoms with Crippen molar-refractivity contribution in [1.29, 1.82) is 0 Å². The molecule has 1 aliphatic rings. The molecule has 3 aromatic carbocycles. The monoisotopic (exact) mass is 476 g/mol. The quantitative estimate of drug-likeness (QED) is 0.455. The molecule has 4 aromatic rings. The van der Waals surface area contributed by atoms with Crippen molar-refractivity contribution in [3.63, 3.8) is 0 Å². The second kappa shape index (κ2) is 9.00. The number of hydrogen-bond acceptors (Lipinski definition) is 6. The van der Waals surface area contributed by atoms with Crippen LogP contribution in [0.1, 0.15) is 24.3 Å². The topological polar surface area (TPSA) is 105 Å². The van der Waals surface area contributed by atoms with E-state index >= 15 is 0 Å². The van der Waals surface area contributed by atoms with Crippen LogP contribution in [0, 0.1) is 6.92 Å². The molecule has 0 bridgehead atoms. The molecule has 1 N–H and O–H groups in total. The fourth-order valence-corrected chi connectivity index (χ4v) is 5.87. The van der Waals surface area contributed by atoms with Crippen LogP contribution >= 0.6 is 0 Å². The Hall–Kier alpha value is -3.56. The first-order chi connectivity index (χ1) is 16.4. The summed E-state index contributed by atoms with van der Waals surface area (Å²) in [7, 11) is -3.82. The predicted octanol–water partition coefficient (Wildman–Crippen LogP) is 3.67. The maximum atomic E-state index is 13.4. The fraction of sp³-hybridized carbons (Fsp3) is 0.240. The number of nitrogens with zero attached hydrogens (tertiary/aromatic N) is 3. The van der Waals surface area contributed by atoms with Crippen LogP contribution in [-0.4, -0.2) is 41.4 Å². The Morgan fingerprint density at radius 2 is 1.85 bits per heavy atom. The van der Waals surface area contributed by atoms with E-state index in [1.807, 2.05) is 55.5 Å². The molecule has 174 valence electrons. The first-order valence-corrected chi connectivity index (χ1v) is 12.5. The molecule has 8 nitrogen and oxygen atoms in total. The Balaban J connectivity index is 1.28. The summed E-state index contributed by atoms with van der Waals surface area (Å²) >= 11 is 0. The van der Waals surface area contributed by atoms with Crippen molar-refractivity contribution < 1.29 is 17.7 Å². The van der Waals surface area contributed by atoms with Crippen LogP contribution in [0.2, 0.25) is 0 Å². The zero-order valence-corrected chi connectivity index (χ0v) is 19.5. The molecule has 0 aliphatic carbocycles. The lowest BCUT2D eigenvalue weighted by molar-refractivity contribution is -0.124. The second-order valence-corrected chi connectivity index (χ2v) is 10.3. The highest BCUT2D eigenvalue weighted by molar-refractivity contribution is 7.89. The van der Waals surface area contributed by atoms with Crippen molar-refractivity contribution in [2.24, 2.45) is 0 Å².